The molecule has 0 unspecified atom stereocenters. The number of oxime groups is 1. The van der Waals surface area contributed by atoms with Gasteiger partial charge in [0.05, 0.1) is 5.71 Å². The van der Waals surface area contributed by atoms with E-state index >= 15 is 0 Å². The highest BCUT2D eigenvalue weighted by atomic mass is 16.6. The van der Waals surface area contributed by atoms with E-state index < -0.39 is 0 Å². The maximum Gasteiger partial charge on any atom is 0.145 e. The normalized spacial score (nSPS) is 17.6. The second-order valence-electron chi connectivity index (χ2n) is 4.95. The molecule has 1 aliphatic rings. The first kappa shape index (κ1) is 12.9. The summed E-state index contributed by atoms with van der Waals surface area (Å²) in [6.07, 6.45) is 1.00. The van der Waals surface area contributed by atoms with Crippen LogP contribution < -0.4 is 5.32 Å². The van der Waals surface area contributed by atoms with Crippen LogP contribution in [0.5, 0.6) is 0 Å². The summed E-state index contributed by atoms with van der Waals surface area (Å²) in [4.78, 5) is 5.48. The summed E-state index contributed by atoms with van der Waals surface area (Å²) in [5.41, 5.74) is 3.48. The molecule has 0 aromatic heterocycles. The molecule has 2 aromatic carbocycles. The van der Waals surface area contributed by atoms with Gasteiger partial charge in [-0.25, -0.2) is 0 Å². The van der Waals surface area contributed by atoms with E-state index in [4.69, 9.17) is 4.84 Å². The first-order valence-corrected chi connectivity index (χ1v) is 6.94. The zero-order valence-corrected chi connectivity index (χ0v) is 11.3. The van der Waals surface area contributed by atoms with Gasteiger partial charge in [-0.2, -0.15) is 0 Å². The van der Waals surface area contributed by atoms with Gasteiger partial charge in [-0.1, -0.05) is 65.8 Å². The van der Waals surface area contributed by atoms with Gasteiger partial charge in [0, 0.05) is 19.5 Å². The highest BCUT2D eigenvalue weighted by Gasteiger charge is 2.21. The van der Waals surface area contributed by atoms with E-state index in [1.807, 2.05) is 24.3 Å². The van der Waals surface area contributed by atoms with E-state index in [1.165, 1.54) is 5.56 Å². The predicted octanol–water partition coefficient (Wildman–Crippen LogP) is 2.97. The molecule has 0 aliphatic carbocycles. The average Bonchev–Trinajstić information content (AvgIpc) is 2.98. The monoisotopic (exact) mass is 266 g/mol. The Bertz CT molecular complexity index is 566. The van der Waals surface area contributed by atoms with Crippen molar-refractivity contribution < 1.29 is 4.84 Å². The van der Waals surface area contributed by atoms with Crippen LogP contribution in [0.2, 0.25) is 0 Å². The van der Waals surface area contributed by atoms with Gasteiger partial charge >= 0.3 is 0 Å². The lowest BCUT2D eigenvalue weighted by atomic mass is 10.1. The lowest BCUT2D eigenvalue weighted by Gasteiger charge is -2.09. The first-order chi connectivity index (χ1) is 9.92. The molecule has 3 rings (SSSR count). The predicted molar refractivity (Wildman–Crippen MR) is 80.6 cm³/mol. The van der Waals surface area contributed by atoms with Gasteiger partial charge in [-0.3, -0.25) is 0 Å². The van der Waals surface area contributed by atoms with E-state index in [0.29, 0.717) is 0 Å². The summed E-state index contributed by atoms with van der Waals surface area (Å²) in [7, 11) is 0. The van der Waals surface area contributed by atoms with Crippen LogP contribution in [0.3, 0.4) is 0 Å². The van der Waals surface area contributed by atoms with Gasteiger partial charge in [-0.15, -0.1) is 0 Å². The Kier molecular flexibility index (Phi) is 4.09. The molecule has 1 N–H and O–H groups in total. The molecular formula is C17H18N2O. The third-order valence-electron chi connectivity index (χ3n) is 3.38. The van der Waals surface area contributed by atoms with Crippen LogP contribution in [-0.4, -0.2) is 18.4 Å². The fraction of sp³-hybridized carbons (Fsp3) is 0.235. The third-order valence-corrected chi connectivity index (χ3v) is 3.38. The Labute approximate surface area is 119 Å². The molecule has 0 spiro atoms. The molecule has 1 heterocycles. The molecule has 2 aromatic rings. The maximum absolute atomic E-state index is 5.48. The van der Waals surface area contributed by atoms with Crippen molar-refractivity contribution in [2.24, 2.45) is 5.16 Å². The molecule has 3 heteroatoms. The van der Waals surface area contributed by atoms with Crippen molar-refractivity contribution in [1.29, 1.82) is 0 Å². The summed E-state index contributed by atoms with van der Waals surface area (Å²) in [5.74, 6) is 0. The van der Waals surface area contributed by atoms with Crippen molar-refractivity contribution >= 4 is 5.71 Å². The van der Waals surface area contributed by atoms with E-state index in [9.17, 15) is 0 Å². The Morgan fingerprint density at radius 1 is 1.00 bits per heavy atom. The van der Waals surface area contributed by atoms with Crippen LogP contribution >= 0.6 is 0 Å². The summed E-state index contributed by atoms with van der Waals surface area (Å²) in [5, 5.41) is 7.61. The van der Waals surface area contributed by atoms with Crippen LogP contribution in [0, 0.1) is 0 Å². The van der Waals surface area contributed by atoms with Crippen molar-refractivity contribution in [3.63, 3.8) is 0 Å². The van der Waals surface area contributed by atoms with Gasteiger partial charge in [0.2, 0.25) is 0 Å². The van der Waals surface area contributed by atoms with Crippen molar-refractivity contribution in [2.45, 2.75) is 19.1 Å². The van der Waals surface area contributed by atoms with Gasteiger partial charge in [-0.05, 0) is 11.1 Å². The smallest absolute Gasteiger partial charge is 0.145 e. The van der Waals surface area contributed by atoms with Crippen molar-refractivity contribution in [3.8, 4) is 0 Å². The standard InChI is InChI=1S/C17H18N2O/c1-3-7-14(8-4-1)12-18-13-16-11-17(19-20-16)15-9-5-2-6-10-15/h1-10,16,18H,11-13H2/t16-/m0/s1. The Hall–Kier alpha value is -2.13. The second kappa shape index (κ2) is 6.35. The molecule has 102 valence electrons. The summed E-state index contributed by atoms with van der Waals surface area (Å²) in [6.45, 7) is 1.68. The van der Waals surface area contributed by atoms with Crippen LogP contribution in [-0.2, 0) is 11.4 Å². The topological polar surface area (TPSA) is 33.6 Å². The number of nitrogens with zero attached hydrogens (tertiary/aromatic N) is 1. The van der Waals surface area contributed by atoms with E-state index in [2.05, 4.69) is 46.9 Å². The molecule has 0 amide bonds. The Morgan fingerprint density at radius 2 is 1.70 bits per heavy atom. The molecule has 0 bridgehead atoms. The Balaban J connectivity index is 1.46. The van der Waals surface area contributed by atoms with Gasteiger partial charge in [0.1, 0.15) is 6.10 Å². The molecule has 20 heavy (non-hydrogen) atoms. The molecule has 1 atom stereocenters. The zero-order chi connectivity index (χ0) is 13.6. The van der Waals surface area contributed by atoms with Crippen LogP contribution in [0.4, 0.5) is 0 Å². The molecular weight excluding hydrogens is 248 g/mol. The third kappa shape index (κ3) is 3.25. The number of nitrogens with one attached hydrogen (secondary N) is 1. The average molecular weight is 266 g/mol. The highest BCUT2D eigenvalue weighted by Crippen LogP contribution is 2.16. The molecule has 0 fully saturated rings. The fourth-order valence-electron chi connectivity index (χ4n) is 2.31. The highest BCUT2D eigenvalue weighted by molar-refractivity contribution is 6.01. The lowest BCUT2D eigenvalue weighted by molar-refractivity contribution is 0.0848. The van der Waals surface area contributed by atoms with Crippen molar-refractivity contribution in [2.75, 3.05) is 6.54 Å². The maximum atomic E-state index is 5.48. The molecule has 0 saturated heterocycles. The minimum Gasteiger partial charge on any atom is -0.390 e. The fourth-order valence-corrected chi connectivity index (χ4v) is 2.31. The minimum absolute atomic E-state index is 0.133. The summed E-state index contributed by atoms with van der Waals surface area (Å²) in [6, 6.07) is 20.6. The number of benzene rings is 2. The SMILES string of the molecule is c1ccc(CNC[C@@H]2CC(c3ccccc3)=NO2)cc1. The van der Waals surface area contributed by atoms with Gasteiger partial charge in [0.15, 0.2) is 0 Å². The van der Waals surface area contributed by atoms with Crippen LogP contribution in [0.25, 0.3) is 0 Å². The van der Waals surface area contributed by atoms with Crippen LogP contribution in [0.15, 0.2) is 65.8 Å². The van der Waals surface area contributed by atoms with E-state index in [1.54, 1.807) is 0 Å². The largest absolute Gasteiger partial charge is 0.390 e. The van der Waals surface area contributed by atoms with E-state index in [-0.39, 0.29) is 6.10 Å². The number of hydrogen-bond donors (Lipinski definition) is 1. The number of hydrogen-bond acceptors (Lipinski definition) is 3. The van der Waals surface area contributed by atoms with Gasteiger partial charge < -0.3 is 10.2 Å². The van der Waals surface area contributed by atoms with Crippen molar-refractivity contribution in [1.82, 2.24) is 5.32 Å². The minimum atomic E-state index is 0.133. The Morgan fingerprint density at radius 3 is 2.45 bits per heavy atom. The summed E-state index contributed by atoms with van der Waals surface area (Å²) >= 11 is 0. The quantitative estimate of drug-likeness (QED) is 0.902. The van der Waals surface area contributed by atoms with Crippen molar-refractivity contribution in [3.05, 3.63) is 71.8 Å². The molecule has 0 saturated carbocycles. The molecule has 3 nitrogen and oxygen atoms in total. The molecule has 0 radical (unpaired) electrons. The second-order valence-corrected chi connectivity index (χ2v) is 4.95. The number of rotatable bonds is 5. The molecule has 1 aliphatic heterocycles. The summed E-state index contributed by atoms with van der Waals surface area (Å²) < 4.78 is 0. The van der Waals surface area contributed by atoms with Crippen LogP contribution in [0.1, 0.15) is 17.5 Å². The van der Waals surface area contributed by atoms with Gasteiger partial charge in [0.25, 0.3) is 0 Å². The zero-order valence-electron chi connectivity index (χ0n) is 11.3. The van der Waals surface area contributed by atoms with E-state index in [0.717, 1.165) is 30.8 Å². The lowest BCUT2D eigenvalue weighted by Crippen LogP contribution is -2.26. The first-order valence-electron chi connectivity index (χ1n) is 6.94.